The van der Waals surface area contributed by atoms with Gasteiger partial charge in [0.1, 0.15) is 12.2 Å². The first-order valence-electron chi connectivity index (χ1n) is 7.53. The van der Waals surface area contributed by atoms with Crippen molar-refractivity contribution in [1.82, 2.24) is 5.32 Å². The molecule has 0 unspecified atom stereocenters. The number of carbonyl (C=O) groups is 1. The minimum atomic E-state index is -5.81. The standard InChI is InChI=1S/C15H18F3NO6S/c1-14(2,3)24-13(20)19-10-7-9-5-4-6-11(12(9)23-8-10)25-26(21,22)15(16,17)18/h4-6,10H,7-8H2,1-3H3,(H,19,20)/t10-/m0/s1. The molecule has 0 bridgehead atoms. The number of alkyl carbamates (subject to hydrolysis) is 1. The minimum Gasteiger partial charge on any atom is -0.487 e. The summed E-state index contributed by atoms with van der Waals surface area (Å²) in [6.07, 6.45) is -0.459. The number of fused-ring (bicyclic) bond motifs is 1. The average Bonchev–Trinajstić information content (AvgIpc) is 2.43. The fraction of sp³-hybridized carbons (Fsp3) is 0.533. The highest BCUT2D eigenvalue weighted by atomic mass is 32.2. The van der Waals surface area contributed by atoms with Crippen molar-refractivity contribution in [2.45, 2.75) is 44.3 Å². The number of benzene rings is 1. The quantitative estimate of drug-likeness (QED) is 0.623. The molecule has 1 atom stereocenters. The van der Waals surface area contributed by atoms with Gasteiger partial charge in [-0.1, -0.05) is 12.1 Å². The van der Waals surface area contributed by atoms with Crippen LogP contribution in [0.1, 0.15) is 26.3 Å². The average molecular weight is 397 g/mol. The molecular formula is C15H18F3NO6S. The van der Waals surface area contributed by atoms with Gasteiger partial charge in [0.05, 0.1) is 6.04 Å². The summed E-state index contributed by atoms with van der Waals surface area (Å²) in [5, 5.41) is 2.58. The number of halogens is 3. The van der Waals surface area contributed by atoms with Gasteiger partial charge in [-0.3, -0.25) is 0 Å². The van der Waals surface area contributed by atoms with E-state index in [-0.39, 0.29) is 18.8 Å². The van der Waals surface area contributed by atoms with Gasteiger partial charge in [-0.15, -0.1) is 0 Å². The zero-order valence-corrected chi connectivity index (χ0v) is 15.0. The van der Waals surface area contributed by atoms with E-state index in [1.54, 1.807) is 20.8 Å². The molecule has 1 aromatic rings. The Morgan fingerprint density at radius 3 is 2.50 bits per heavy atom. The molecule has 26 heavy (non-hydrogen) atoms. The maximum Gasteiger partial charge on any atom is 0.534 e. The van der Waals surface area contributed by atoms with Crippen molar-refractivity contribution in [1.29, 1.82) is 0 Å². The molecule has 0 fully saturated rings. The van der Waals surface area contributed by atoms with Crippen LogP contribution in [0.5, 0.6) is 11.5 Å². The van der Waals surface area contributed by atoms with Crippen LogP contribution in [-0.4, -0.2) is 38.3 Å². The largest absolute Gasteiger partial charge is 0.534 e. The van der Waals surface area contributed by atoms with Crippen LogP contribution in [0, 0.1) is 0 Å². The van der Waals surface area contributed by atoms with Crippen molar-refractivity contribution in [2.24, 2.45) is 0 Å². The van der Waals surface area contributed by atoms with Crippen molar-refractivity contribution < 1.29 is 40.0 Å². The zero-order valence-electron chi connectivity index (χ0n) is 14.2. The van der Waals surface area contributed by atoms with Crippen LogP contribution >= 0.6 is 0 Å². The van der Waals surface area contributed by atoms with Gasteiger partial charge >= 0.3 is 21.7 Å². The van der Waals surface area contributed by atoms with E-state index in [9.17, 15) is 26.4 Å². The molecule has 0 saturated heterocycles. The van der Waals surface area contributed by atoms with E-state index in [0.29, 0.717) is 5.56 Å². The Morgan fingerprint density at radius 1 is 1.27 bits per heavy atom. The second kappa shape index (κ2) is 6.86. The maximum absolute atomic E-state index is 12.5. The van der Waals surface area contributed by atoms with Gasteiger partial charge in [0.25, 0.3) is 0 Å². The van der Waals surface area contributed by atoms with Crippen LogP contribution in [-0.2, 0) is 21.3 Å². The topological polar surface area (TPSA) is 90.9 Å². The Bertz CT molecular complexity index is 786. The Morgan fingerprint density at radius 2 is 1.92 bits per heavy atom. The lowest BCUT2D eigenvalue weighted by atomic mass is 10.0. The first-order chi connectivity index (χ1) is 11.8. The summed E-state index contributed by atoms with van der Waals surface area (Å²) in [4.78, 5) is 11.8. The van der Waals surface area contributed by atoms with E-state index < -0.39 is 39.1 Å². The Labute approximate surface area is 148 Å². The van der Waals surface area contributed by atoms with Gasteiger partial charge in [0, 0.05) is 5.56 Å². The van der Waals surface area contributed by atoms with Crippen LogP contribution in [0.2, 0.25) is 0 Å². The van der Waals surface area contributed by atoms with Crippen LogP contribution in [0.15, 0.2) is 18.2 Å². The third-order valence-corrected chi connectivity index (χ3v) is 4.13. The summed E-state index contributed by atoms with van der Waals surface area (Å²) in [6, 6.07) is 3.43. The molecule has 11 heteroatoms. The number of ether oxygens (including phenoxy) is 2. The van der Waals surface area contributed by atoms with E-state index in [2.05, 4.69) is 9.50 Å². The van der Waals surface area contributed by atoms with Gasteiger partial charge in [-0.05, 0) is 33.3 Å². The molecule has 2 rings (SSSR count). The van der Waals surface area contributed by atoms with Crippen molar-refractivity contribution in [3.05, 3.63) is 23.8 Å². The minimum absolute atomic E-state index is 0.0846. The van der Waals surface area contributed by atoms with Crippen molar-refractivity contribution >= 4 is 16.2 Å². The third-order valence-electron chi connectivity index (χ3n) is 3.16. The molecule has 1 amide bonds. The molecule has 0 radical (unpaired) electrons. The first-order valence-corrected chi connectivity index (χ1v) is 8.94. The molecular weight excluding hydrogens is 379 g/mol. The summed E-state index contributed by atoms with van der Waals surface area (Å²) in [7, 11) is -5.81. The second-order valence-corrected chi connectivity index (χ2v) is 8.12. The fourth-order valence-electron chi connectivity index (χ4n) is 2.19. The zero-order chi connectivity index (χ0) is 19.8. The highest BCUT2D eigenvalue weighted by Gasteiger charge is 2.49. The molecule has 0 saturated carbocycles. The highest BCUT2D eigenvalue weighted by molar-refractivity contribution is 7.88. The molecule has 0 spiro atoms. The molecule has 1 aliphatic heterocycles. The van der Waals surface area contributed by atoms with Crippen molar-refractivity contribution in [3.63, 3.8) is 0 Å². The summed E-state index contributed by atoms with van der Waals surface area (Å²) >= 11 is 0. The predicted molar refractivity (Wildman–Crippen MR) is 84.4 cm³/mol. The molecule has 1 heterocycles. The summed E-state index contributed by atoms with van der Waals surface area (Å²) in [6.45, 7) is 5.01. The number of carbonyl (C=O) groups excluding carboxylic acids is 1. The smallest absolute Gasteiger partial charge is 0.487 e. The summed E-state index contributed by atoms with van der Waals surface area (Å²) in [5.41, 5.74) is -5.84. The predicted octanol–water partition coefficient (Wildman–Crippen LogP) is 2.74. The van der Waals surface area contributed by atoms with E-state index in [4.69, 9.17) is 9.47 Å². The van der Waals surface area contributed by atoms with Gasteiger partial charge in [-0.25, -0.2) is 4.79 Å². The lowest BCUT2D eigenvalue weighted by molar-refractivity contribution is -0.0500. The molecule has 0 aliphatic carbocycles. The van der Waals surface area contributed by atoms with Gasteiger partial charge in [0.15, 0.2) is 11.5 Å². The lowest BCUT2D eigenvalue weighted by Crippen LogP contribution is -2.45. The van der Waals surface area contributed by atoms with Crippen LogP contribution in [0.25, 0.3) is 0 Å². The fourth-order valence-corrected chi connectivity index (χ4v) is 2.65. The van der Waals surface area contributed by atoms with Gasteiger partial charge in [-0.2, -0.15) is 21.6 Å². The molecule has 146 valence electrons. The van der Waals surface area contributed by atoms with E-state index in [1.165, 1.54) is 12.1 Å². The van der Waals surface area contributed by atoms with Crippen LogP contribution in [0.4, 0.5) is 18.0 Å². The van der Waals surface area contributed by atoms with E-state index in [1.807, 2.05) is 0 Å². The SMILES string of the molecule is CC(C)(C)OC(=O)N[C@@H]1COc2c(cccc2OS(=O)(=O)C(F)(F)F)C1. The number of nitrogens with one attached hydrogen (secondary N) is 1. The molecule has 0 aromatic heterocycles. The van der Waals surface area contributed by atoms with Gasteiger partial charge in [0.2, 0.25) is 0 Å². The van der Waals surface area contributed by atoms with Gasteiger partial charge < -0.3 is 19.0 Å². The Kier molecular flexibility index (Phi) is 5.31. The van der Waals surface area contributed by atoms with E-state index >= 15 is 0 Å². The Balaban J connectivity index is 2.13. The molecule has 1 aliphatic rings. The van der Waals surface area contributed by atoms with E-state index in [0.717, 1.165) is 6.07 Å². The number of alkyl halides is 3. The molecule has 1 N–H and O–H groups in total. The molecule has 1 aromatic carbocycles. The number of amides is 1. The first kappa shape index (κ1) is 20.1. The summed E-state index contributed by atoms with van der Waals surface area (Å²) < 4.78 is 74.4. The highest BCUT2D eigenvalue weighted by Crippen LogP contribution is 2.37. The molecule has 7 nitrogen and oxygen atoms in total. The third kappa shape index (κ3) is 4.93. The van der Waals surface area contributed by atoms with Crippen molar-refractivity contribution in [2.75, 3.05) is 6.61 Å². The summed E-state index contributed by atoms with van der Waals surface area (Å²) in [5.74, 6) is -0.668. The number of hydrogen-bond donors (Lipinski definition) is 1. The second-order valence-electron chi connectivity index (χ2n) is 6.59. The number of rotatable bonds is 3. The van der Waals surface area contributed by atoms with Crippen molar-refractivity contribution in [3.8, 4) is 11.5 Å². The van der Waals surface area contributed by atoms with Crippen LogP contribution in [0.3, 0.4) is 0 Å². The Hall–Kier alpha value is -2.17. The monoisotopic (exact) mass is 397 g/mol. The maximum atomic E-state index is 12.5. The van der Waals surface area contributed by atoms with Crippen LogP contribution < -0.4 is 14.2 Å². The normalized spacial score (nSPS) is 17.7. The lowest BCUT2D eigenvalue weighted by Gasteiger charge is -2.28. The number of para-hydroxylation sites is 1. The number of hydrogen-bond acceptors (Lipinski definition) is 6.